The van der Waals surface area contributed by atoms with Crippen LogP contribution in [0.2, 0.25) is 0 Å². The minimum Gasteiger partial charge on any atom is -0.352 e. The standard InChI is InChI=1S/C13H21N3O2/c1-4-7-14-13(18)10(2)16-8-5-6-12(9-16)15-11(3)17/h1,10,12H,5-9H2,2-3H3,(H,14,18)(H,15,17). The first-order valence-electron chi connectivity index (χ1n) is 6.27. The van der Waals surface area contributed by atoms with Crippen molar-refractivity contribution in [2.45, 2.75) is 38.8 Å². The van der Waals surface area contributed by atoms with Crippen LogP contribution in [-0.2, 0) is 9.59 Å². The Morgan fingerprint density at radius 1 is 1.56 bits per heavy atom. The zero-order valence-corrected chi connectivity index (χ0v) is 11.0. The van der Waals surface area contributed by atoms with Gasteiger partial charge in [-0.3, -0.25) is 14.5 Å². The molecule has 1 saturated heterocycles. The van der Waals surface area contributed by atoms with Gasteiger partial charge in [0.05, 0.1) is 12.6 Å². The van der Waals surface area contributed by atoms with E-state index in [4.69, 9.17) is 6.42 Å². The first-order chi connectivity index (χ1) is 8.54. The lowest BCUT2D eigenvalue weighted by Gasteiger charge is -2.36. The number of terminal acetylenes is 1. The second kappa shape index (κ2) is 7.02. The number of nitrogens with one attached hydrogen (secondary N) is 2. The molecule has 0 aliphatic carbocycles. The smallest absolute Gasteiger partial charge is 0.237 e. The molecule has 0 aromatic rings. The molecule has 0 radical (unpaired) electrons. The van der Waals surface area contributed by atoms with Crippen molar-refractivity contribution in [3.63, 3.8) is 0 Å². The molecule has 2 amide bonds. The van der Waals surface area contributed by atoms with Crippen molar-refractivity contribution in [3.8, 4) is 12.3 Å². The predicted octanol–water partition coefficient (Wildman–Crippen LogP) is -0.275. The van der Waals surface area contributed by atoms with E-state index >= 15 is 0 Å². The Morgan fingerprint density at radius 3 is 2.89 bits per heavy atom. The molecule has 1 heterocycles. The summed E-state index contributed by atoms with van der Waals surface area (Å²) >= 11 is 0. The van der Waals surface area contributed by atoms with Crippen molar-refractivity contribution in [1.29, 1.82) is 0 Å². The molecule has 5 heteroatoms. The highest BCUT2D eigenvalue weighted by atomic mass is 16.2. The fourth-order valence-corrected chi connectivity index (χ4v) is 2.22. The second-order valence-electron chi connectivity index (χ2n) is 4.63. The Morgan fingerprint density at radius 2 is 2.28 bits per heavy atom. The van der Waals surface area contributed by atoms with Crippen LogP contribution in [0.25, 0.3) is 0 Å². The van der Waals surface area contributed by atoms with Crippen LogP contribution in [-0.4, -0.2) is 48.4 Å². The van der Waals surface area contributed by atoms with Gasteiger partial charge in [0.25, 0.3) is 0 Å². The van der Waals surface area contributed by atoms with Gasteiger partial charge < -0.3 is 10.6 Å². The summed E-state index contributed by atoms with van der Waals surface area (Å²) in [5.74, 6) is 2.30. The molecule has 0 aromatic heterocycles. The molecule has 1 fully saturated rings. The average molecular weight is 251 g/mol. The van der Waals surface area contributed by atoms with Crippen molar-refractivity contribution in [1.82, 2.24) is 15.5 Å². The van der Waals surface area contributed by atoms with E-state index in [1.54, 1.807) is 0 Å². The Balaban J connectivity index is 2.47. The highest BCUT2D eigenvalue weighted by molar-refractivity contribution is 5.81. The molecule has 2 N–H and O–H groups in total. The molecule has 100 valence electrons. The minimum atomic E-state index is -0.213. The predicted molar refractivity (Wildman–Crippen MR) is 69.7 cm³/mol. The van der Waals surface area contributed by atoms with E-state index in [2.05, 4.69) is 21.5 Å². The molecule has 1 rings (SSSR count). The number of hydrogen-bond acceptors (Lipinski definition) is 3. The van der Waals surface area contributed by atoms with E-state index in [-0.39, 0.29) is 30.4 Å². The van der Waals surface area contributed by atoms with Crippen LogP contribution in [0.3, 0.4) is 0 Å². The molecular weight excluding hydrogens is 230 g/mol. The molecule has 0 bridgehead atoms. The molecule has 0 spiro atoms. The molecule has 2 unspecified atom stereocenters. The number of rotatable bonds is 4. The molecule has 1 aliphatic heterocycles. The van der Waals surface area contributed by atoms with E-state index < -0.39 is 0 Å². The summed E-state index contributed by atoms with van der Waals surface area (Å²) in [6.45, 7) is 5.22. The van der Waals surface area contributed by atoms with E-state index in [1.165, 1.54) is 6.92 Å². The number of carbonyl (C=O) groups excluding carboxylic acids is 2. The summed E-state index contributed by atoms with van der Waals surface area (Å²) in [5, 5.41) is 5.58. The van der Waals surface area contributed by atoms with Gasteiger partial charge in [0.2, 0.25) is 11.8 Å². The molecule has 0 aromatic carbocycles. The minimum absolute atomic E-state index is 0.0220. The summed E-state index contributed by atoms with van der Waals surface area (Å²) < 4.78 is 0. The lowest BCUT2D eigenvalue weighted by molar-refractivity contribution is -0.126. The van der Waals surface area contributed by atoms with Crippen LogP contribution in [0.5, 0.6) is 0 Å². The van der Waals surface area contributed by atoms with Crippen LogP contribution in [0.1, 0.15) is 26.7 Å². The molecule has 18 heavy (non-hydrogen) atoms. The maximum atomic E-state index is 11.8. The highest BCUT2D eigenvalue weighted by Gasteiger charge is 2.27. The summed E-state index contributed by atoms with van der Waals surface area (Å²) in [4.78, 5) is 24.9. The quantitative estimate of drug-likeness (QED) is 0.676. The van der Waals surface area contributed by atoms with Crippen molar-refractivity contribution in [3.05, 3.63) is 0 Å². The van der Waals surface area contributed by atoms with Gasteiger partial charge in [0.15, 0.2) is 0 Å². The topological polar surface area (TPSA) is 61.4 Å². The number of nitrogens with zero attached hydrogens (tertiary/aromatic N) is 1. The van der Waals surface area contributed by atoms with E-state index in [0.29, 0.717) is 6.54 Å². The maximum Gasteiger partial charge on any atom is 0.237 e. The number of likely N-dealkylation sites (tertiary alicyclic amines) is 1. The van der Waals surface area contributed by atoms with Gasteiger partial charge in [-0.15, -0.1) is 6.42 Å². The van der Waals surface area contributed by atoms with Crippen molar-refractivity contribution < 1.29 is 9.59 Å². The third kappa shape index (κ3) is 4.38. The summed E-state index contributed by atoms with van der Waals surface area (Å²) in [6, 6.07) is -0.0750. The molecular formula is C13H21N3O2. The van der Waals surface area contributed by atoms with Gasteiger partial charge in [-0.05, 0) is 26.3 Å². The van der Waals surface area contributed by atoms with Crippen molar-refractivity contribution >= 4 is 11.8 Å². The van der Waals surface area contributed by atoms with E-state index in [0.717, 1.165) is 19.4 Å². The fourth-order valence-electron chi connectivity index (χ4n) is 2.22. The third-order valence-electron chi connectivity index (χ3n) is 3.15. The Kier molecular flexibility index (Phi) is 5.66. The lowest BCUT2D eigenvalue weighted by Crippen LogP contribution is -2.53. The maximum absolute atomic E-state index is 11.8. The highest BCUT2D eigenvalue weighted by Crippen LogP contribution is 2.13. The molecule has 5 nitrogen and oxygen atoms in total. The SMILES string of the molecule is C#CCNC(=O)C(C)N1CCCC(NC(C)=O)C1. The summed E-state index contributed by atoms with van der Waals surface area (Å²) in [6.07, 6.45) is 7.06. The third-order valence-corrected chi connectivity index (χ3v) is 3.15. The monoisotopic (exact) mass is 251 g/mol. The number of hydrogen-bond donors (Lipinski definition) is 2. The molecule has 1 aliphatic rings. The average Bonchev–Trinajstić information content (AvgIpc) is 2.34. The number of carbonyl (C=O) groups is 2. The molecule has 0 saturated carbocycles. The van der Waals surface area contributed by atoms with E-state index in [9.17, 15) is 9.59 Å². The Hall–Kier alpha value is -1.54. The van der Waals surface area contributed by atoms with Crippen LogP contribution >= 0.6 is 0 Å². The van der Waals surface area contributed by atoms with Crippen LogP contribution in [0, 0.1) is 12.3 Å². The van der Waals surface area contributed by atoms with Crippen molar-refractivity contribution in [2.24, 2.45) is 0 Å². The van der Waals surface area contributed by atoms with Gasteiger partial charge in [0.1, 0.15) is 0 Å². The summed E-state index contributed by atoms with van der Waals surface area (Å²) in [5.41, 5.74) is 0. The van der Waals surface area contributed by atoms with Crippen molar-refractivity contribution in [2.75, 3.05) is 19.6 Å². The Labute approximate surface area is 108 Å². The molecule has 2 atom stereocenters. The van der Waals surface area contributed by atoms with Gasteiger partial charge >= 0.3 is 0 Å². The van der Waals surface area contributed by atoms with Crippen LogP contribution in [0.4, 0.5) is 0 Å². The van der Waals surface area contributed by atoms with E-state index in [1.807, 2.05) is 6.92 Å². The second-order valence-corrected chi connectivity index (χ2v) is 4.63. The van der Waals surface area contributed by atoms with Crippen LogP contribution in [0.15, 0.2) is 0 Å². The van der Waals surface area contributed by atoms with Gasteiger partial charge in [-0.1, -0.05) is 5.92 Å². The first kappa shape index (κ1) is 14.5. The number of piperidine rings is 1. The van der Waals surface area contributed by atoms with Gasteiger partial charge in [-0.2, -0.15) is 0 Å². The largest absolute Gasteiger partial charge is 0.352 e. The normalized spacial score (nSPS) is 21.7. The first-order valence-corrected chi connectivity index (χ1v) is 6.27. The number of amides is 2. The fraction of sp³-hybridized carbons (Fsp3) is 0.692. The van der Waals surface area contributed by atoms with Gasteiger partial charge in [-0.25, -0.2) is 0 Å². The lowest BCUT2D eigenvalue weighted by atomic mass is 10.0. The summed E-state index contributed by atoms with van der Waals surface area (Å²) in [7, 11) is 0. The van der Waals surface area contributed by atoms with Gasteiger partial charge in [0, 0.05) is 19.5 Å². The Bertz CT molecular complexity index is 349. The zero-order chi connectivity index (χ0) is 13.5. The van der Waals surface area contributed by atoms with Crippen LogP contribution < -0.4 is 10.6 Å². The zero-order valence-electron chi connectivity index (χ0n) is 11.0.